The standard InChI is InChI=1S/C33H38N2O8/c1-9-10-28(36)43-31-27(41-8)15-16-34-30(31)32(37)35-21(4)33(38)42-22(5)29(23-11-13-25(39-6)19(2)17-23)24-12-14-26(40-7)20(3)18-24/h11-18,21H,9-10H2,1-8H3,(H,35,37)/t21-/m0/s1. The summed E-state index contributed by atoms with van der Waals surface area (Å²) < 4.78 is 27.3. The molecule has 2 aromatic carbocycles. The fourth-order valence-electron chi connectivity index (χ4n) is 4.48. The van der Waals surface area contributed by atoms with E-state index in [0.29, 0.717) is 17.8 Å². The van der Waals surface area contributed by atoms with Crippen molar-refractivity contribution in [3.8, 4) is 23.0 Å². The number of aryl methyl sites for hydroxylation is 2. The van der Waals surface area contributed by atoms with Gasteiger partial charge in [-0.1, -0.05) is 19.1 Å². The number of carbonyl (C=O) groups excluding carboxylic acids is 3. The number of nitrogens with one attached hydrogen (secondary N) is 1. The second kappa shape index (κ2) is 14.9. The average Bonchev–Trinajstić information content (AvgIpc) is 2.97. The first kappa shape index (κ1) is 32.7. The molecule has 0 aliphatic rings. The van der Waals surface area contributed by atoms with E-state index >= 15 is 0 Å². The number of esters is 2. The van der Waals surface area contributed by atoms with Crippen molar-refractivity contribution in [1.29, 1.82) is 0 Å². The summed E-state index contributed by atoms with van der Waals surface area (Å²) >= 11 is 0. The molecule has 3 aromatic rings. The predicted octanol–water partition coefficient (Wildman–Crippen LogP) is 5.57. The second-order valence-corrected chi connectivity index (χ2v) is 9.83. The maximum atomic E-state index is 13.3. The van der Waals surface area contributed by atoms with Crippen molar-refractivity contribution in [1.82, 2.24) is 10.3 Å². The Hall–Kier alpha value is -4.86. The zero-order chi connectivity index (χ0) is 31.7. The molecular formula is C33H38N2O8. The van der Waals surface area contributed by atoms with E-state index in [-0.39, 0.29) is 23.6 Å². The van der Waals surface area contributed by atoms with Gasteiger partial charge >= 0.3 is 11.9 Å². The molecular weight excluding hydrogens is 552 g/mol. The minimum Gasteiger partial charge on any atom is -0.496 e. The van der Waals surface area contributed by atoms with Gasteiger partial charge in [0.1, 0.15) is 23.3 Å². The van der Waals surface area contributed by atoms with E-state index in [2.05, 4.69) is 10.3 Å². The quantitative estimate of drug-likeness (QED) is 0.213. The third-order valence-corrected chi connectivity index (χ3v) is 6.65. The van der Waals surface area contributed by atoms with Crippen molar-refractivity contribution in [3.05, 3.63) is 82.4 Å². The monoisotopic (exact) mass is 590 g/mol. The number of allylic oxidation sites excluding steroid dienone is 1. The molecule has 0 saturated carbocycles. The van der Waals surface area contributed by atoms with Gasteiger partial charge in [-0.15, -0.1) is 0 Å². The third-order valence-electron chi connectivity index (χ3n) is 6.65. The van der Waals surface area contributed by atoms with Crippen LogP contribution in [0.15, 0.2) is 54.4 Å². The zero-order valence-corrected chi connectivity index (χ0v) is 25.8. The number of methoxy groups -OCH3 is 3. The van der Waals surface area contributed by atoms with E-state index in [1.807, 2.05) is 57.2 Å². The molecule has 1 amide bonds. The highest BCUT2D eigenvalue weighted by molar-refractivity contribution is 5.99. The maximum absolute atomic E-state index is 13.3. The molecule has 0 bridgehead atoms. The summed E-state index contributed by atoms with van der Waals surface area (Å²) in [5.74, 6) is -0.151. The van der Waals surface area contributed by atoms with Crippen molar-refractivity contribution in [2.24, 2.45) is 0 Å². The van der Waals surface area contributed by atoms with Gasteiger partial charge in [-0.25, -0.2) is 9.78 Å². The lowest BCUT2D eigenvalue weighted by molar-refractivity contribution is -0.141. The van der Waals surface area contributed by atoms with E-state index in [9.17, 15) is 14.4 Å². The number of hydrogen-bond donors (Lipinski definition) is 1. The average molecular weight is 591 g/mol. The van der Waals surface area contributed by atoms with Crippen LogP contribution in [-0.2, 0) is 14.3 Å². The zero-order valence-electron chi connectivity index (χ0n) is 25.8. The Morgan fingerprint density at radius 2 is 1.42 bits per heavy atom. The van der Waals surface area contributed by atoms with Gasteiger partial charge in [0.2, 0.25) is 5.75 Å². The molecule has 1 heterocycles. The SMILES string of the molecule is CCCC(=O)Oc1c(OC)ccnc1C(=O)N[C@@H](C)C(=O)OC(C)=C(c1ccc(OC)c(C)c1)c1ccc(OC)c(C)c1. The van der Waals surface area contributed by atoms with Crippen LogP contribution in [0.3, 0.4) is 0 Å². The predicted molar refractivity (Wildman–Crippen MR) is 162 cm³/mol. The first-order valence-corrected chi connectivity index (χ1v) is 13.8. The van der Waals surface area contributed by atoms with E-state index in [0.717, 1.165) is 33.8 Å². The lowest BCUT2D eigenvalue weighted by atomic mass is 9.94. The fraction of sp³-hybridized carbons (Fsp3) is 0.333. The Bertz CT molecular complexity index is 1470. The van der Waals surface area contributed by atoms with Crippen LogP contribution in [0.2, 0.25) is 0 Å². The highest BCUT2D eigenvalue weighted by Crippen LogP contribution is 2.34. The lowest BCUT2D eigenvalue weighted by Gasteiger charge is -2.19. The molecule has 10 nitrogen and oxygen atoms in total. The Kier molecular flexibility index (Phi) is 11.3. The van der Waals surface area contributed by atoms with Gasteiger partial charge in [0.25, 0.3) is 5.91 Å². The molecule has 0 aliphatic heterocycles. The lowest BCUT2D eigenvalue weighted by Crippen LogP contribution is -2.40. The molecule has 3 rings (SSSR count). The van der Waals surface area contributed by atoms with Crippen molar-refractivity contribution < 1.29 is 38.1 Å². The highest BCUT2D eigenvalue weighted by atomic mass is 16.6. The molecule has 1 aromatic heterocycles. The Labute approximate surface area is 252 Å². The summed E-state index contributed by atoms with van der Waals surface area (Å²) in [6.45, 7) is 8.87. The summed E-state index contributed by atoms with van der Waals surface area (Å²) in [7, 11) is 4.59. The van der Waals surface area contributed by atoms with Gasteiger partial charge in [-0.2, -0.15) is 0 Å². The molecule has 1 N–H and O–H groups in total. The van der Waals surface area contributed by atoms with Crippen LogP contribution in [0, 0.1) is 13.8 Å². The molecule has 228 valence electrons. The van der Waals surface area contributed by atoms with Gasteiger partial charge in [-0.05, 0) is 80.6 Å². The molecule has 0 aliphatic carbocycles. The van der Waals surface area contributed by atoms with Crippen LogP contribution < -0.4 is 24.3 Å². The normalized spacial score (nSPS) is 11.2. The minimum absolute atomic E-state index is 0.121. The second-order valence-electron chi connectivity index (χ2n) is 9.83. The van der Waals surface area contributed by atoms with E-state index < -0.39 is 23.9 Å². The van der Waals surface area contributed by atoms with Crippen LogP contribution in [-0.4, -0.2) is 50.2 Å². The van der Waals surface area contributed by atoms with Crippen LogP contribution >= 0.6 is 0 Å². The van der Waals surface area contributed by atoms with E-state index in [1.54, 1.807) is 21.1 Å². The Morgan fingerprint density at radius 3 is 1.91 bits per heavy atom. The first-order valence-electron chi connectivity index (χ1n) is 13.8. The molecule has 0 radical (unpaired) electrons. The number of rotatable bonds is 12. The number of nitrogens with zero attached hydrogens (tertiary/aromatic N) is 1. The van der Waals surface area contributed by atoms with Gasteiger partial charge in [0.15, 0.2) is 11.4 Å². The van der Waals surface area contributed by atoms with E-state index in [4.69, 9.17) is 23.7 Å². The number of pyridine rings is 1. The van der Waals surface area contributed by atoms with Crippen LogP contribution in [0.5, 0.6) is 23.0 Å². The number of amides is 1. The summed E-state index contributed by atoms with van der Waals surface area (Å²) in [5, 5.41) is 2.59. The topological polar surface area (TPSA) is 122 Å². The number of benzene rings is 2. The molecule has 10 heteroatoms. The first-order chi connectivity index (χ1) is 20.5. The number of aromatic nitrogens is 1. The maximum Gasteiger partial charge on any atom is 0.333 e. The van der Waals surface area contributed by atoms with Crippen LogP contribution in [0.4, 0.5) is 0 Å². The fourth-order valence-corrected chi connectivity index (χ4v) is 4.48. The van der Waals surface area contributed by atoms with Gasteiger partial charge in [0, 0.05) is 24.3 Å². The van der Waals surface area contributed by atoms with Gasteiger partial charge in [0.05, 0.1) is 21.3 Å². The molecule has 1 atom stereocenters. The molecule has 43 heavy (non-hydrogen) atoms. The summed E-state index contributed by atoms with van der Waals surface area (Å²) in [4.78, 5) is 42.7. The van der Waals surface area contributed by atoms with Gasteiger partial charge in [-0.3, -0.25) is 9.59 Å². The van der Waals surface area contributed by atoms with Crippen molar-refractivity contribution in [2.75, 3.05) is 21.3 Å². The van der Waals surface area contributed by atoms with Crippen molar-refractivity contribution in [3.63, 3.8) is 0 Å². The smallest absolute Gasteiger partial charge is 0.333 e. The van der Waals surface area contributed by atoms with E-state index in [1.165, 1.54) is 26.3 Å². The van der Waals surface area contributed by atoms with Gasteiger partial charge < -0.3 is 29.0 Å². The van der Waals surface area contributed by atoms with Crippen LogP contribution in [0.1, 0.15) is 66.4 Å². The van der Waals surface area contributed by atoms with Crippen molar-refractivity contribution >= 4 is 23.4 Å². The Balaban J connectivity index is 1.93. The molecule has 0 fully saturated rings. The third kappa shape index (κ3) is 7.91. The summed E-state index contributed by atoms with van der Waals surface area (Å²) in [5.41, 5.74) is 3.92. The molecule has 0 spiro atoms. The highest BCUT2D eigenvalue weighted by Gasteiger charge is 2.26. The largest absolute Gasteiger partial charge is 0.496 e. The summed E-state index contributed by atoms with van der Waals surface area (Å²) in [6, 6.07) is 11.8. The number of ether oxygens (including phenoxy) is 5. The number of hydrogen-bond acceptors (Lipinski definition) is 9. The van der Waals surface area contributed by atoms with Crippen molar-refractivity contribution in [2.45, 2.75) is 53.5 Å². The van der Waals surface area contributed by atoms with Crippen LogP contribution in [0.25, 0.3) is 5.57 Å². The minimum atomic E-state index is -1.08. The summed E-state index contributed by atoms with van der Waals surface area (Å²) in [6.07, 6.45) is 2.06. The molecule has 0 unspecified atom stereocenters. The molecule has 0 saturated heterocycles. The number of carbonyl (C=O) groups is 3. The Morgan fingerprint density at radius 1 is 0.860 bits per heavy atom.